The predicted molar refractivity (Wildman–Crippen MR) is 107 cm³/mol. The molecule has 1 heterocycles. The molecule has 1 saturated heterocycles. The molecular weight excluding hydrogens is 371 g/mol. The van der Waals surface area contributed by atoms with Crippen LogP contribution < -0.4 is 15.2 Å². The van der Waals surface area contributed by atoms with E-state index >= 15 is 0 Å². The van der Waals surface area contributed by atoms with Gasteiger partial charge in [0.2, 0.25) is 0 Å². The molecule has 0 unspecified atom stereocenters. The first-order chi connectivity index (χ1) is 14.1. The molecule has 29 heavy (non-hydrogen) atoms. The van der Waals surface area contributed by atoms with Gasteiger partial charge in [-0.2, -0.15) is 0 Å². The summed E-state index contributed by atoms with van der Waals surface area (Å²) < 4.78 is 18.6. The lowest BCUT2D eigenvalue weighted by atomic mass is 10.1. The summed E-state index contributed by atoms with van der Waals surface area (Å²) in [5.41, 5.74) is 4.78. The van der Waals surface area contributed by atoms with Crippen molar-refractivity contribution in [3.05, 3.63) is 101 Å². The van der Waals surface area contributed by atoms with Gasteiger partial charge in [0.1, 0.15) is 23.7 Å². The number of carbonyl (C=O) groups excluding carboxylic acids is 2. The molecule has 1 aliphatic heterocycles. The number of halogens is 1. The van der Waals surface area contributed by atoms with Gasteiger partial charge >= 0.3 is 0 Å². The van der Waals surface area contributed by atoms with E-state index in [0.29, 0.717) is 23.6 Å². The minimum Gasteiger partial charge on any atom is -0.489 e. The van der Waals surface area contributed by atoms with Crippen molar-refractivity contribution < 1.29 is 18.7 Å². The van der Waals surface area contributed by atoms with Gasteiger partial charge < -0.3 is 4.74 Å². The average molecular weight is 388 g/mol. The fourth-order valence-corrected chi connectivity index (χ4v) is 2.89. The Morgan fingerprint density at radius 2 is 1.59 bits per heavy atom. The summed E-state index contributed by atoms with van der Waals surface area (Å²) in [6.07, 6.45) is 1.55. The highest BCUT2D eigenvalue weighted by atomic mass is 19.1. The molecule has 2 amide bonds. The summed E-state index contributed by atoms with van der Waals surface area (Å²) in [5.74, 6) is -0.514. The van der Waals surface area contributed by atoms with Crippen LogP contribution in [0.3, 0.4) is 0 Å². The molecule has 1 N–H and O–H groups in total. The van der Waals surface area contributed by atoms with Crippen molar-refractivity contribution in [3.63, 3.8) is 0 Å². The number of hydrogen-bond acceptors (Lipinski definition) is 3. The lowest BCUT2D eigenvalue weighted by molar-refractivity contribution is -0.117. The molecule has 4 rings (SSSR count). The highest BCUT2D eigenvalue weighted by Gasteiger charge is 2.34. The number of rotatable bonds is 5. The van der Waals surface area contributed by atoms with Crippen LogP contribution in [0.25, 0.3) is 6.08 Å². The highest BCUT2D eigenvalue weighted by molar-refractivity contribution is 6.31. The third-order valence-corrected chi connectivity index (χ3v) is 4.42. The second-order valence-electron chi connectivity index (χ2n) is 6.46. The molecule has 6 heteroatoms. The fourth-order valence-electron chi connectivity index (χ4n) is 2.89. The summed E-state index contributed by atoms with van der Waals surface area (Å²) in [6, 6.07) is 22.0. The maximum Gasteiger partial charge on any atom is 0.282 e. The smallest absolute Gasteiger partial charge is 0.282 e. The number of anilines is 1. The second-order valence-corrected chi connectivity index (χ2v) is 6.46. The van der Waals surface area contributed by atoms with Gasteiger partial charge in [-0.25, -0.2) is 9.40 Å². The van der Waals surface area contributed by atoms with Crippen LogP contribution in [0.15, 0.2) is 84.4 Å². The minimum atomic E-state index is -0.449. The number of nitrogens with one attached hydrogen (secondary N) is 1. The number of para-hydroxylation sites is 1. The summed E-state index contributed by atoms with van der Waals surface area (Å²) in [6.45, 7) is 0.313. The molecule has 0 bridgehead atoms. The van der Waals surface area contributed by atoms with Crippen LogP contribution in [-0.2, 0) is 16.2 Å². The van der Waals surface area contributed by atoms with Crippen molar-refractivity contribution in [2.75, 3.05) is 5.01 Å². The number of nitrogens with zero attached hydrogens (tertiary/aromatic N) is 1. The molecule has 0 aliphatic carbocycles. The van der Waals surface area contributed by atoms with E-state index in [4.69, 9.17) is 4.74 Å². The first-order valence-corrected chi connectivity index (χ1v) is 9.00. The number of carbonyl (C=O) groups is 2. The monoisotopic (exact) mass is 388 g/mol. The molecule has 5 nitrogen and oxygen atoms in total. The van der Waals surface area contributed by atoms with Crippen molar-refractivity contribution >= 4 is 23.6 Å². The van der Waals surface area contributed by atoms with Gasteiger partial charge in [0.05, 0.1) is 5.69 Å². The molecule has 0 saturated carbocycles. The Labute approximate surface area is 167 Å². The number of hydrogen-bond donors (Lipinski definition) is 1. The molecule has 3 aromatic carbocycles. The zero-order valence-corrected chi connectivity index (χ0v) is 15.3. The van der Waals surface area contributed by atoms with E-state index in [1.165, 1.54) is 17.1 Å². The number of benzene rings is 3. The van der Waals surface area contributed by atoms with Crippen molar-refractivity contribution in [3.8, 4) is 5.75 Å². The molecular formula is C23H17FN2O3. The van der Waals surface area contributed by atoms with E-state index < -0.39 is 11.8 Å². The minimum absolute atomic E-state index is 0.0637. The zero-order chi connectivity index (χ0) is 20.2. The second kappa shape index (κ2) is 7.98. The normalized spacial score (nSPS) is 14.9. The lowest BCUT2D eigenvalue weighted by Crippen LogP contribution is -2.35. The Morgan fingerprint density at radius 1 is 0.897 bits per heavy atom. The third-order valence-electron chi connectivity index (χ3n) is 4.42. The summed E-state index contributed by atoms with van der Waals surface area (Å²) >= 11 is 0. The van der Waals surface area contributed by atoms with Gasteiger partial charge in [0.15, 0.2) is 0 Å². The first-order valence-electron chi connectivity index (χ1n) is 9.00. The lowest BCUT2D eigenvalue weighted by Gasteiger charge is -2.13. The standard InChI is InChI=1S/C23H17FN2O3/c24-18-10-6-17(7-11-18)15-29-20-12-8-16(9-13-20)14-21-22(27)25-26(23(21)28)19-4-2-1-3-5-19/h1-14H,15H2,(H,25,27). The summed E-state index contributed by atoms with van der Waals surface area (Å²) in [7, 11) is 0. The number of hydrazine groups is 1. The Hall–Kier alpha value is -3.93. The third kappa shape index (κ3) is 4.16. The molecule has 1 fully saturated rings. The molecule has 0 atom stereocenters. The Balaban J connectivity index is 1.45. The van der Waals surface area contributed by atoms with Gasteiger partial charge in [-0.05, 0) is 53.6 Å². The van der Waals surface area contributed by atoms with Crippen LogP contribution in [0.5, 0.6) is 5.75 Å². The van der Waals surface area contributed by atoms with E-state index in [0.717, 1.165) is 5.56 Å². The van der Waals surface area contributed by atoms with E-state index in [1.807, 2.05) is 6.07 Å². The maximum atomic E-state index is 12.9. The first kappa shape index (κ1) is 18.4. The number of amides is 2. The Bertz CT molecular complexity index is 1060. The summed E-state index contributed by atoms with van der Waals surface area (Å²) in [5, 5.41) is 1.23. The SMILES string of the molecule is O=C1NN(c2ccccc2)C(=O)C1=Cc1ccc(OCc2ccc(F)cc2)cc1. The van der Waals surface area contributed by atoms with Gasteiger partial charge in [-0.3, -0.25) is 15.0 Å². The van der Waals surface area contributed by atoms with Gasteiger partial charge in [0, 0.05) is 0 Å². The molecule has 3 aromatic rings. The Morgan fingerprint density at radius 3 is 2.28 bits per heavy atom. The van der Waals surface area contributed by atoms with Crippen LogP contribution in [0.1, 0.15) is 11.1 Å². The fraction of sp³-hybridized carbons (Fsp3) is 0.0435. The predicted octanol–water partition coefficient (Wildman–Crippen LogP) is 3.87. The largest absolute Gasteiger partial charge is 0.489 e. The van der Waals surface area contributed by atoms with E-state index in [-0.39, 0.29) is 11.4 Å². The molecule has 0 aromatic heterocycles. The van der Waals surface area contributed by atoms with Crippen LogP contribution in [0, 0.1) is 5.82 Å². The van der Waals surface area contributed by atoms with Crippen molar-refractivity contribution in [1.82, 2.24) is 5.43 Å². The zero-order valence-electron chi connectivity index (χ0n) is 15.3. The van der Waals surface area contributed by atoms with Crippen LogP contribution in [0.2, 0.25) is 0 Å². The van der Waals surface area contributed by atoms with E-state index in [2.05, 4.69) is 5.43 Å². The topological polar surface area (TPSA) is 58.6 Å². The maximum absolute atomic E-state index is 12.9. The van der Waals surface area contributed by atoms with Crippen LogP contribution in [-0.4, -0.2) is 11.8 Å². The van der Waals surface area contributed by atoms with Crippen molar-refractivity contribution in [2.24, 2.45) is 0 Å². The summed E-state index contributed by atoms with van der Waals surface area (Å²) in [4.78, 5) is 24.8. The number of ether oxygens (including phenoxy) is 1. The molecule has 144 valence electrons. The van der Waals surface area contributed by atoms with E-state index in [9.17, 15) is 14.0 Å². The van der Waals surface area contributed by atoms with Crippen LogP contribution in [0.4, 0.5) is 10.1 Å². The van der Waals surface area contributed by atoms with Gasteiger partial charge in [-0.1, -0.05) is 42.5 Å². The van der Waals surface area contributed by atoms with Crippen molar-refractivity contribution in [1.29, 1.82) is 0 Å². The average Bonchev–Trinajstić information content (AvgIpc) is 3.03. The van der Waals surface area contributed by atoms with Gasteiger partial charge in [-0.15, -0.1) is 0 Å². The van der Waals surface area contributed by atoms with Crippen molar-refractivity contribution in [2.45, 2.75) is 6.61 Å². The van der Waals surface area contributed by atoms with Gasteiger partial charge in [0.25, 0.3) is 11.8 Å². The molecule has 1 aliphatic rings. The highest BCUT2D eigenvalue weighted by Crippen LogP contribution is 2.22. The van der Waals surface area contributed by atoms with E-state index in [1.54, 1.807) is 66.7 Å². The Kier molecular flexibility index (Phi) is 5.07. The quantitative estimate of drug-likeness (QED) is 0.533. The molecule has 0 spiro atoms. The van der Waals surface area contributed by atoms with Crippen LogP contribution >= 0.6 is 0 Å². The molecule has 0 radical (unpaired) electrons.